The van der Waals surface area contributed by atoms with Crippen LogP contribution >= 0.6 is 11.3 Å². The largest absolute Gasteiger partial charge is 0.496 e. The Balaban J connectivity index is 1.45. The molecule has 3 heterocycles. The molecule has 3 aromatic heterocycles. The number of carbonyl (C=O) groups excluding carboxylic acids is 1. The molecule has 0 unspecified atom stereocenters. The molecule has 1 amide bonds. The minimum atomic E-state index is -0.595. The highest BCUT2D eigenvalue weighted by Gasteiger charge is 2.19. The van der Waals surface area contributed by atoms with Gasteiger partial charge in [0, 0.05) is 17.0 Å². The highest BCUT2D eigenvalue weighted by molar-refractivity contribution is 7.14. The lowest BCUT2D eigenvalue weighted by molar-refractivity contribution is 0.0997. The number of nitrogens with one attached hydrogen (secondary N) is 1. The summed E-state index contributed by atoms with van der Waals surface area (Å²) < 4.78 is 30.0. The third-order valence-electron chi connectivity index (χ3n) is 4.66. The van der Waals surface area contributed by atoms with Crippen molar-refractivity contribution in [2.24, 2.45) is 0 Å². The standard InChI is InChI=1S/C22H13FN2O5S/c1-28-16-7-6-11(23)8-13(16)15-10-31-22(24-15)25-20(27)18-9-14-19(26)12-4-2-3-5-17(12)29-21(14)30-18/h2-10H,1H3,(H,24,25,27). The molecule has 1 N–H and O–H groups in total. The second-order valence-corrected chi connectivity index (χ2v) is 7.43. The summed E-state index contributed by atoms with van der Waals surface area (Å²) in [6.45, 7) is 0. The molecule has 0 fully saturated rings. The van der Waals surface area contributed by atoms with Gasteiger partial charge in [-0.3, -0.25) is 14.9 Å². The van der Waals surface area contributed by atoms with Gasteiger partial charge < -0.3 is 13.6 Å². The van der Waals surface area contributed by atoms with Crippen LogP contribution in [0.25, 0.3) is 33.4 Å². The molecule has 0 spiro atoms. The number of rotatable bonds is 4. The van der Waals surface area contributed by atoms with E-state index in [-0.39, 0.29) is 27.5 Å². The van der Waals surface area contributed by atoms with Gasteiger partial charge >= 0.3 is 5.78 Å². The van der Waals surface area contributed by atoms with Gasteiger partial charge in [-0.15, -0.1) is 11.3 Å². The Bertz CT molecular complexity index is 1520. The van der Waals surface area contributed by atoms with Crippen LogP contribution in [0.2, 0.25) is 0 Å². The fourth-order valence-corrected chi connectivity index (χ4v) is 3.91. The van der Waals surface area contributed by atoms with Crippen molar-refractivity contribution in [1.82, 2.24) is 4.98 Å². The van der Waals surface area contributed by atoms with Crippen molar-refractivity contribution >= 4 is 44.5 Å². The number of hydrogen-bond acceptors (Lipinski definition) is 7. The van der Waals surface area contributed by atoms with Crippen molar-refractivity contribution in [1.29, 1.82) is 0 Å². The van der Waals surface area contributed by atoms with Gasteiger partial charge in [0.05, 0.1) is 18.2 Å². The summed E-state index contributed by atoms with van der Waals surface area (Å²) in [6.07, 6.45) is 0. The zero-order valence-electron chi connectivity index (χ0n) is 16.0. The lowest BCUT2D eigenvalue weighted by Crippen LogP contribution is -2.10. The first-order valence-corrected chi connectivity index (χ1v) is 9.97. The van der Waals surface area contributed by atoms with E-state index in [2.05, 4.69) is 10.3 Å². The fourth-order valence-electron chi connectivity index (χ4n) is 3.20. The van der Waals surface area contributed by atoms with Crippen LogP contribution in [0.15, 0.2) is 67.5 Å². The molecule has 0 bridgehead atoms. The number of ether oxygens (including phenoxy) is 1. The molecule has 154 valence electrons. The van der Waals surface area contributed by atoms with E-state index in [1.54, 1.807) is 29.6 Å². The molecule has 0 saturated carbocycles. The number of anilines is 1. The van der Waals surface area contributed by atoms with Gasteiger partial charge in [0.15, 0.2) is 10.9 Å². The number of para-hydroxylation sites is 1. The minimum absolute atomic E-state index is 0.0295. The molecule has 0 radical (unpaired) electrons. The number of benzene rings is 2. The third-order valence-corrected chi connectivity index (χ3v) is 5.42. The molecule has 9 heteroatoms. The van der Waals surface area contributed by atoms with Crippen LogP contribution < -0.4 is 15.5 Å². The summed E-state index contributed by atoms with van der Waals surface area (Å²) in [4.78, 5) is 29.6. The van der Waals surface area contributed by atoms with Crippen LogP contribution in [0.5, 0.6) is 5.75 Å². The van der Waals surface area contributed by atoms with Gasteiger partial charge in [0.25, 0.3) is 5.91 Å². The average molecular weight is 436 g/mol. The molecule has 0 atom stereocenters. The minimum Gasteiger partial charge on any atom is -0.496 e. The maximum Gasteiger partial charge on any atom is 0.302 e. The number of methoxy groups -OCH3 is 1. The van der Waals surface area contributed by atoms with Gasteiger partial charge in [-0.05, 0) is 30.3 Å². The van der Waals surface area contributed by atoms with E-state index in [4.69, 9.17) is 13.6 Å². The summed E-state index contributed by atoms with van der Waals surface area (Å²) in [5.74, 6) is -0.689. The van der Waals surface area contributed by atoms with E-state index in [0.717, 1.165) is 11.3 Å². The van der Waals surface area contributed by atoms with Crippen molar-refractivity contribution in [3.05, 3.63) is 75.7 Å². The fraction of sp³-hybridized carbons (Fsp3) is 0.0455. The number of nitrogens with zero attached hydrogens (tertiary/aromatic N) is 1. The van der Waals surface area contributed by atoms with Crippen LogP contribution in [-0.2, 0) is 0 Å². The lowest BCUT2D eigenvalue weighted by atomic mass is 10.1. The first-order chi connectivity index (χ1) is 15.0. The second kappa shape index (κ2) is 7.37. The maximum atomic E-state index is 13.6. The molecule has 0 aliphatic heterocycles. The molecule has 2 aromatic carbocycles. The second-order valence-electron chi connectivity index (χ2n) is 6.58. The van der Waals surface area contributed by atoms with E-state index in [0.29, 0.717) is 28.0 Å². The van der Waals surface area contributed by atoms with E-state index in [1.165, 1.54) is 31.4 Å². The van der Waals surface area contributed by atoms with E-state index in [9.17, 15) is 14.0 Å². The Labute approximate surface area is 177 Å². The lowest BCUT2D eigenvalue weighted by Gasteiger charge is -2.05. The predicted octanol–water partition coefficient (Wildman–Crippen LogP) is 5.06. The SMILES string of the molecule is COc1ccc(F)cc1-c1csc(NC(=O)c2cc3c(=O)c4ccccc4oc3o2)n1. The van der Waals surface area contributed by atoms with Crippen LogP contribution in [0.3, 0.4) is 0 Å². The van der Waals surface area contributed by atoms with Gasteiger partial charge in [-0.1, -0.05) is 12.1 Å². The summed E-state index contributed by atoms with van der Waals surface area (Å²) >= 11 is 1.16. The Morgan fingerprint density at radius 2 is 1.97 bits per heavy atom. The summed E-state index contributed by atoms with van der Waals surface area (Å²) in [5, 5.41) is 5.14. The van der Waals surface area contributed by atoms with Crippen molar-refractivity contribution in [2.75, 3.05) is 12.4 Å². The molecular formula is C22H13FN2O5S. The van der Waals surface area contributed by atoms with E-state index >= 15 is 0 Å². The molecule has 0 saturated heterocycles. The highest BCUT2D eigenvalue weighted by atomic mass is 32.1. The zero-order valence-corrected chi connectivity index (χ0v) is 16.8. The maximum absolute atomic E-state index is 13.6. The number of aromatic nitrogens is 1. The van der Waals surface area contributed by atoms with Crippen LogP contribution in [-0.4, -0.2) is 18.0 Å². The highest BCUT2D eigenvalue weighted by Crippen LogP contribution is 2.33. The first kappa shape index (κ1) is 19.0. The molecular weight excluding hydrogens is 423 g/mol. The van der Waals surface area contributed by atoms with Crippen molar-refractivity contribution < 1.29 is 22.8 Å². The molecule has 5 aromatic rings. The molecule has 5 rings (SSSR count). The van der Waals surface area contributed by atoms with Gasteiger partial charge in [-0.2, -0.15) is 0 Å². The summed E-state index contributed by atoms with van der Waals surface area (Å²) in [6, 6.07) is 12.2. The number of fused-ring (bicyclic) bond motifs is 2. The van der Waals surface area contributed by atoms with Crippen molar-refractivity contribution in [3.63, 3.8) is 0 Å². The average Bonchev–Trinajstić information content (AvgIpc) is 3.41. The monoisotopic (exact) mass is 436 g/mol. The van der Waals surface area contributed by atoms with E-state index < -0.39 is 11.7 Å². The normalized spacial score (nSPS) is 11.2. The Morgan fingerprint density at radius 1 is 1.13 bits per heavy atom. The van der Waals surface area contributed by atoms with Crippen LogP contribution in [0, 0.1) is 5.82 Å². The van der Waals surface area contributed by atoms with Gasteiger partial charge in [0.1, 0.15) is 22.5 Å². The summed E-state index contributed by atoms with van der Waals surface area (Å²) in [7, 11) is 1.48. The number of amides is 1. The first-order valence-electron chi connectivity index (χ1n) is 9.09. The van der Waals surface area contributed by atoms with E-state index in [1.807, 2.05) is 0 Å². The van der Waals surface area contributed by atoms with Crippen LogP contribution in [0.4, 0.5) is 9.52 Å². The zero-order chi connectivity index (χ0) is 21.5. The smallest absolute Gasteiger partial charge is 0.302 e. The molecule has 31 heavy (non-hydrogen) atoms. The quantitative estimate of drug-likeness (QED) is 0.423. The Morgan fingerprint density at radius 3 is 2.81 bits per heavy atom. The van der Waals surface area contributed by atoms with Gasteiger partial charge in [0.2, 0.25) is 5.43 Å². The van der Waals surface area contributed by atoms with Gasteiger partial charge in [-0.25, -0.2) is 9.37 Å². The molecule has 0 aliphatic carbocycles. The molecule has 7 nitrogen and oxygen atoms in total. The number of halogens is 1. The van der Waals surface area contributed by atoms with Crippen molar-refractivity contribution in [2.45, 2.75) is 0 Å². The predicted molar refractivity (Wildman–Crippen MR) is 114 cm³/mol. The number of hydrogen-bond donors (Lipinski definition) is 1. The number of thiazole rings is 1. The van der Waals surface area contributed by atoms with Crippen molar-refractivity contribution in [3.8, 4) is 17.0 Å². The Kier molecular flexibility index (Phi) is 4.52. The summed E-state index contributed by atoms with van der Waals surface area (Å²) in [5.41, 5.74) is 0.998. The third kappa shape index (κ3) is 3.34. The van der Waals surface area contributed by atoms with Crippen LogP contribution in [0.1, 0.15) is 10.6 Å². The number of carbonyl (C=O) groups is 1. The molecule has 0 aliphatic rings. The Hall–Kier alpha value is -3.98. The number of furan rings is 1. The topological polar surface area (TPSA) is 94.6 Å².